The third-order valence-electron chi connectivity index (χ3n) is 2.61. The third kappa shape index (κ3) is 2.37. The van der Waals surface area contributed by atoms with E-state index in [-0.39, 0.29) is 0 Å². The zero-order valence-corrected chi connectivity index (χ0v) is 10.1. The van der Waals surface area contributed by atoms with Crippen molar-refractivity contribution in [2.45, 2.75) is 6.92 Å². The fourth-order valence-corrected chi connectivity index (χ4v) is 1.92. The second-order valence-electron chi connectivity index (χ2n) is 3.71. The van der Waals surface area contributed by atoms with Crippen LogP contribution < -0.4 is 0 Å². The van der Waals surface area contributed by atoms with Crippen LogP contribution in [0, 0.1) is 0 Å². The zero-order valence-electron chi connectivity index (χ0n) is 9.22. The van der Waals surface area contributed by atoms with Gasteiger partial charge in [0.1, 0.15) is 0 Å². The summed E-state index contributed by atoms with van der Waals surface area (Å²) < 4.78 is 0. The summed E-state index contributed by atoms with van der Waals surface area (Å²) in [5, 5.41) is 0. The highest BCUT2D eigenvalue weighted by atomic mass is 32.1. The van der Waals surface area contributed by atoms with Crippen molar-refractivity contribution in [1.29, 1.82) is 0 Å². The van der Waals surface area contributed by atoms with Crippen molar-refractivity contribution < 1.29 is 0 Å². The minimum Gasteiger partial charge on any atom is -0.143 e. The van der Waals surface area contributed by atoms with Gasteiger partial charge in [-0.2, -0.15) is 0 Å². The summed E-state index contributed by atoms with van der Waals surface area (Å²) in [5.74, 6) is 0. The molecule has 0 amide bonds. The minimum atomic E-state index is 1.03. The molecule has 0 fully saturated rings. The smallest absolute Gasteiger partial charge is 0.0148 e. The Morgan fingerprint density at radius 1 is 0.750 bits per heavy atom. The molecule has 0 radical (unpaired) electrons. The largest absolute Gasteiger partial charge is 0.143 e. The van der Waals surface area contributed by atoms with Crippen LogP contribution in [-0.2, 0) is 0 Å². The lowest BCUT2D eigenvalue weighted by Gasteiger charge is -2.07. The Hall–Kier alpha value is -1.47. The maximum absolute atomic E-state index is 4.61. The van der Waals surface area contributed by atoms with Gasteiger partial charge in [-0.1, -0.05) is 60.7 Å². The van der Waals surface area contributed by atoms with Gasteiger partial charge in [-0.3, -0.25) is 0 Å². The Morgan fingerprint density at radius 2 is 1.19 bits per heavy atom. The zero-order chi connectivity index (χ0) is 11.4. The first-order valence-corrected chi connectivity index (χ1v) is 5.74. The topological polar surface area (TPSA) is 0 Å². The fraction of sp³-hybridized carbons (Fsp3) is 0.0667. The first kappa shape index (κ1) is 11.0. The molecule has 0 unspecified atom stereocenters. The summed E-state index contributed by atoms with van der Waals surface area (Å²) in [6, 6.07) is 20.6. The summed E-state index contributed by atoms with van der Waals surface area (Å²) in [7, 11) is 0. The molecule has 2 aromatic carbocycles. The minimum absolute atomic E-state index is 1.03. The van der Waals surface area contributed by atoms with Crippen LogP contribution in [0.15, 0.2) is 60.7 Å². The summed E-state index contributed by atoms with van der Waals surface area (Å²) in [4.78, 5) is 1.03. The molecule has 0 spiro atoms. The molecule has 16 heavy (non-hydrogen) atoms. The van der Waals surface area contributed by atoms with E-state index in [1.807, 2.05) is 36.4 Å². The molecule has 0 nitrogen and oxygen atoms in total. The van der Waals surface area contributed by atoms with Gasteiger partial charge in [0, 0.05) is 4.91 Å². The van der Waals surface area contributed by atoms with Crippen molar-refractivity contribution in [3.8, 4) is 0 Å². The summed E-state index contributed by atoms with van der Waals surface area (Å²) >= 11 is 4.61. The lowest BCUT2D eigenvalue weighted by molar-refractivity contribution is 1.57. The van der Waals surface area contributed by atoms with Crippen LogP contribution in [0.5, 0.6) is 0 Å². The Bertz CT molecular complexity index is 436. The molecule has 0 aliphatic heterocycles. The van der Waals surface area contributed by atoms with Crippen LogP contribution in [0.25, 0.3) is 10.5 Å². The molecule has 2 aromatic rings. The Balaban J connectivity index is 2.43. The van der Waals surface area contributed by atoms with Crippen molar-refractivity contribution in [2.75, 3.05) is 0 Å². The van der Waals surface area contributed by atoms with Gasteiger partial charge in [0.15, 0.2) is 0 Å². The van der Waals surface area contributed by atoms with E-state index in [0.717, 1.165) is 10.5 Å². The fourth-order valence-electron chi connectivity index (χ4n) is 1.64. The van der Waals surface area contributed by atoms with Crippen LogP contribution in [0.1, 0.15) is 18.1 Å². The molecule has 0 saturated carbocycles. The molecule has 0 aliphatic rings. The van der Waals surface area contributed by atoms with Crippen molar-refractivity contribution in [3.63, 3.8) is 0 Å². The van der Waals surface area contributed by atoms with E-state index in [9.17, 15) is 0 Å². The predicted octanol–water partition coefficient (Wildman–Crippen LogP) is 4.50. The Labute approximate surface area is 102 Å². The van der Waals surface area contributed by atoms with Crippen LogP contribution >= 0.6 is 12.6 Å². The van der Waals surface area contributed by atoms with Gasteiger partial charge in [-0.25, -0.2) is 0 Å². The van der Waals surface area contributed by atoms with E-state index in [4.69, 9.17) is 0 Å². The predicted molar refractivity (Wildman–Crippen MR) is 74.4 cm³/mol. The van der Waals surface area contributed by atoms with Gasteiger partial charge in [0.05, 0.1) is 0 Å². The number of allylic oxidation sites excluding steroid dienone is 1. The number of hydrogen-bond donors (Lipinski definition) is 1. The lowest BCUT2D eigenvalue weighted by Crippen LogP contribution is -1.83. The van der Waals surface area contributed by atoms with Gasteiger partial charge >= 0.3 is 0 Å². The van der Waals surface area contributed by atoms with Crippen LogP contribution in [0.2, 0.25) is 0 Å². The highest BCUT2D eigenvalue weighted by molar-refractivity contribution is 7.90. The summed E-state index contributed by atoms with van der Waals surface area (Å²) in [5.41, 5.74) is 3.58. The molecule has 80 valence electrons. The van der Waals surface area contributed by atoms with E-state index in [2.05, 4.69) is 43.8 Å². The van der Waals surface area contributed by atoms with Crippen molar-refractivity contribution >= 4 is 23.1 Å². The summed E-state index contributed by atoms with van der Waals surface area (Å²) in [6.07, 6.45) is 0. The average molecular weight is 226 g/mol. The van der Waals surface area contributed by atoms with Crippen LogP contribution in [0.4, 0.5) is 0 Å². The first-order chi connectivity index (χ1) is 7.79. The number of rotatable bonds is 2. The summed E-state index contributed by atoms with van der Waals surface area (Å²) in [6.45, 7) is 2.10. The molecule has 1 heteroatoms. The van der Waals surface area contributed by atoms with Crippen molar-refractivity contribution in [1.82, 2.24) is 0 Å². The molecule has 0 bridgehead atoms. The normalized spacial score (nSPS) is 12.1. The standard InChI is InChI=1S/C15H14S/c1-12(13-8-4-2-5-9-13)15(16)14-10-6-3-7-11-14/h2-11,16H,1H3. The number of hydrogen-bond acceptors (Lipinski definition) is 1. The highest BCUT2D eigenvalue weighted by Crippen LogP contribution is 2.28. The van der Waals surface area contributed by atoms with Gasteiger partial charge in [0.25, 0.3) is 0 Å². The quantitative estimate of drug-likeness (QED) is 0.565. The molecular weight excluding hydrogens is 212 g/mol. The second kappa shape index (κ2) is 5.04. The van der Waals surface area contributed by atoms with Crippen LogP contribution in [0.3, 0.4) is 0 Å². The van der Waals surface area contributed by atoms with Crippen LogP contribution in [-0.4, -0.2) is 0 Å². The van der Waals surface area contributed by atoms with Gasteiger partial charge in [0.2, 0.25) is 0 Å². The highest BCUT2D eigenvalue weighted by Gasteiger charge is 2.02. The number of benzene rings is 2. The molecule has 0 aromatic heterocycles. The van der Waals surface area contributed by atoms with Crippen molar-refractivity contribution in [3.05, 3.63) is 71.8 Å². The molecule has 0 aliphatic carbocycles. The van der Waals surface area contributed by atoms with E-state index >= 15 is 0 Å². The Kier molecular flexibility index (Phi) is 3.47. The maximum atomic E-state index is 4.61. The molecule has 0 saturated heterocycles. The van der Waals surface area contributed by atoms with E-state index in [1.54, 1.807) is 0 Å². The van der Waals surface area contributed by atoms with E-state index in [0.29, 0.717) is 0 Å². The van der Waals surface area contributed by atoms with Crippen molar-refractivity contribution in [2.24, 2.45) is 0 Å². The van der Waals surface area contributed by atoms with Gasteiger partial charge in [-0.05, 0) is 23.6 Å². The average Bonchev–Trinajstić information content (AvgIpc) is 2.39. The monoisotopic (exact) mass is 226 g/mol. The number of thiol groups is 1. The van der Waals surface area contributed by atoms with Gasteiger partial charge < -0.3 is 0 Å². The van der Waals surface area contributed by atoms with E-state index < -0.39 is 0 Å². The molecule has 2 rings (SSSR count). The molecular formula is C15H14S. The maximum Gasteiger partial charge on any atom is 0.0148 e. The third-order valence-corrected chi connectivity index (χ3v) is 3.20. The Morgan fingerprint density at radius 3 is 1.69 bits per heavy atom. The van der Waals surface area contributed by atoms with Gasteiger partial charge in [-0.15, -0.1) is 12.6 Å². The molecule has 0 heterocycles. The first-order valence-electron chi connectivity index (χ1n) is 5.29. The molecule has 0 N–H and O–H groups in total. The molecule has 0 atom stereocenters. The van der Waals surface area contributed by atoms with E-state index in [1.165, 1.54) is 11.1 Å². The SMILES string of the molecule is CC(=C(S)c1ccccc1)c1ccccc1. The second-order valence-corrected chi connectivity index (χ2v) is 4.15. The lowest BCUT2D eigenvalue weighted by atomic mass is 10.0.